The molecule has 2 heterocycles. The molecule has 1 unspecified atom stereocenters. The highest BCUT2D eigenvalue weighted by Crippen LogP contribution is 2.55. The monoisotopic (exact) mass is 582 g/mol. The zero-order valence-electron chi connectivity index (χ0n) is 26.2. The van der Waals surface area contributed by atoms with Gasteiger partial charge in [-0.2, -0.15) is 0 Å². The zero-order chi connectivity index (χ0) is 31.1. The van der Waals surface area contributed by atoms with Gasteiger partial charge in [-0.05, 0) is 82.6 Å². The van der Waals surface area contributed by atoms with Crippen LogP contribution in [0.3, 0.4) is 0 Å². The Morgan fingerprint density at radius 2 is 1.16 bits per heavy atom. The first-order valence-electron chi connectivity index (χ1n) is 15.8. The molecular weight excluding hydrogens is 544 g/mol. The third kappa shape index (κ3) is 5.68. The van der Waals surface area contributed by atoms with Gasteiger partial charge in [0.15, 0.2) is 0 Å². The molecule has 0 aliphatic heterocycles. The van der Waals surface area contributed by atoms with Gasteiger partial charge in [-0.1, -0.05) is 135 Å². The topological polar surface area (TPSA) is 25.8 Å². The van der Waals surface area contributed by atoms with Crippen LogP contribution in [0.4, 0.5) is 0 Å². The van der Waals surface area contributed by atoms with Crippen LogP contribution in [0.25, 0.3) is 44.8 Å². The Kier molecular flexibility index (Phi) is 8.94. The van der Waals surface area contributed by atoms with Gasteiger partial charge in [0.25, 0.3) is 0 Å². The van der Waals surface area contributed by atoms with E-state index in [1.54, 1.807) is 0 Å². The predicted octanol–water partition coefficient (Wildman–Crippen LogP) is 11.3. The van der Waals surface area contributed by atoms with E-state index in [1.165, 1.54) is 33.4 Å². The summed E-state index contributed by atoms with van der Waals surface area (Å²) in [6, 6.07) is 45.6. The highest BCUT2D eigenvalue weighted by molar-refractivity contribution is 5.87. The van der Waals surface area contributed by atoms with Gasteiger partial charge in [-0.25, -0.2) is 4.98 Å². The van der Waals surface area contributed by atoms with Crippen molar-refractivity contribution in [1.82, 2.24) is 9.97 Å². The highest BCUT2D eigenvalue weighted by atomic mass is 14.7. The maximum atomic E-state index is 5.10. The van der Waals surface area contributed by atoms with Crippen molar-refractivity contribution < 1.29 is 0 Å². The average molecular weight is 583 g/mol. The summed E-state index contributed by atoms with van der Waals surface area (Å²) in [5.41, 5.74) is 12.7. The second-order valence-electron chi connectivity index (χ2n) is 11.0. The number of hydrogen-bond acceptors (Lipinski definition) is 2. The normalized spacial score (nSPS) is 15.0. The molecule has 4 aromatic carbocycles. The molecule has 0 N–H and O–H groups in total. The molecule has 7 rings (SSSR count). The third-order valence-electron chi connectivity index (χ3n) is 8.49. The maximum absolute atomic E-state index is 5.10. The van der Waals surface area contributed by atoms with Crippen LogP contribution in [-0.2, 0) is 5.41 Å². The summed E-state index contributed by atoms with van der Waals surface area (Å²) in [4.78, 5) is 9.45. The molecular formula is C43H38N2. The molecule has 0 saturated carbocycles. The molecule has 220 valence electrons. The molecule has 1 aliphatic carbocycles. The molecule has 0 saturated heterocycles. The quantitative estimate of drug-likeness (QED) is 0.175. The van der Waals surface area contributed by atoms with Crippen molar-refractivity contribution in [3.63, 3.8) is 0 Å². The standard InChI is InChI=1S/C41H32N2.C2H6/c1-2-3-4-13-24-41(34-22-25-42-26-23-34)37-19-12-11-18-35(37)36-27-32(20-21-38(36)41)33-28-39(30-14-7-5-8-15-30)43-40(29-33)31-16-9-6-10-17-31;1-2/h2-23,25-29H,24H2,1H3;1-2H3/b3-2-,13-4-;. The largest absolute Gasteiger partial charge is 0.265 e. The van der Waals surface area contributed by atoms with E-state index in [0.29, 0.717) is 0 Å². The van der Waals surface area contributed by atoms with Gasteiger partial charge in [0.2, 0.25) is 0 Å². The summed E-state index contributed by atoms with van der Waals surface area (Å²) in [7, 11) is 0. The Morgan fingerprint density at radius 3 is 1.80 bits per heavy atom. The minimum Gasteiger partial charge on any atom is -0.265 e. The third-order valence-corrected chi connectivity index (χ3v) is 8.49. The summed E-state index contributed by atoms with van der Waals surface area (Å²) in [6.07, 6.45) is 13.3. The van der Waals surface area contributed by atoms with Gasteiger partial charge in [-0.15, -0.1) is 0 Å². The molecule has 2 aromatic heterocycles. The number of nitrogens with zero attached hydrogens (tertiary/aromatic N) is 2. The fourth-order valence-corrected chi connectivity index (χ4v) is 6.48. The molecule has 0 radical (unpaired) electrons. The lowest BCUT2D eigenvalue weighted by Crippen LogP contribution is -2.26. The zero-order valence-corrected chi connectivity index (χ0v) is 26.2. The summed E-state index contributed by atoms with van der Waals surface area (Å²) in [6.45, 7) is 6.05. The summed E-state index contributed by atoms with van der Waals surface area (Å²) in [5.74, 6) is 0. The van der Waals surface area contributed by atoms with E-state index in [9.17, 15) is 0 Å². The fraction of sp³-hybridized carbons (Fsp3) is 0.116. The van der Waals surface area contributed by atoms with E-state index in [1.807, 2.05) is 38.4 Å². The van der Waals surface area contributed by atoms with Crippen molar-refractivity contribution in [3.8, 4) is 44.8 Å². The number of benzene rings is 4. The molecule has 2 nitrogen and oxygen atoms in total. The Bertz CT molecular complexity index is 1880. The number of hydrogen-bond donors (Lipinski definition) is 0. The Labute approximate surface area is 267 Å². The second-order valence-corrected chi connectivity index (χ2v) is 11.0. The number of allylic oxidation sites excluding steroid dienone is 4. The Balaban J connectivity index is 0.00000175. The first kappa shape index (κ1) is 29.7. The van der Waals surface area contributed by atoms with Crippen molar-refractivity contribution in [2.24, 2.45) is 0 Å². The van der Waals surface area contributed by atoms with E-state index in [-0.39, 0.29) is 5.41 Å². The Hall–Kier alpha value is -5.34. The van der Waals surface area contributed by atoms with Gasteiger partial charge >= 0.3 is 0 Å². The van der Waals surface area contributed by atoms with Crippen molar-refractivity contribution in [3.05, 3.63) is 181 Å². The molecule has 0 fully saturated rings. The molecule has 2 heteroatoms. The highest BCUT2D eigenvalue weighted by Gasteiger charge is 2.43. The number of pyridine rings is 2. The van der Waals surface area contributed by atoms with Crippen molar-refractivity contribution in [2.45, 2.75) is 32.6 Å². The van der Waals surface area contributed by atoms with Gasteiger partial charge < -0.3 is 0 Å². The van der Waals surface area contributed by atoms with Crippen LogP contribution in [-0.4, -0.2) is 9.97 Å². The van der Waals surface area contributed by atoms with Gasteiger partial charge in [0, 0.05) is 28.9 Å². The van der Waals surface area contributed by atoms with Crippen LogP contribution in [0.15, 0.2) is 164 Å². The second kappa shape index (κ2) is 13.5. The molecule has 6 aromatic rings. The van der Waals surface area contributed by atoms with Crippen LogP contribution < -0.4 is 0 Å². The van der Waals surface area contributed by atoms with Gasteiger partial charge in [0.1, 0.15) is 0 Å². The molecule has 1 aliphatic rings. The van der Waals surface area contributed by atoms with E-state index >= 15 is 0 Å². The van der Waals surface area contributed by atoms with Crippen LogP contribution in [0.1, 0.15) is 43.9 Å². The summed E-state index contributed by atoms with van der Waals surface area (Å²) < 4.78 is 0. The predicted molar refractivity (Wildman–Crippen MR) is 190 cm³/mol. The van der Waals surface area contributed by atoms with E-state index in [0.717, 1.165) is 34.5 Å². The molecule has 1 atom stereocenters. The van der Waals surface area contributed by atoms with Crippen molar-refractivity contribution in [2.75, 3.05) is 0 Å². The van der Waals surface area contributed by atoms with Crippen LogP contribution in [0.5, 0.6) is 0 Å². The number of rotatable bonds is 7. The average Bonchev–Trinajstić information content (AvgIpc) is 3.41. The van der Waals surface area contributed by atoms with Crippen LogP contribution in [0.2, 0.25) is 0 Å². The lowest BCUT2D eigenvalue weighted by atomic mass is 9.70. The molecule has 45 heavy (non-hydrogen) atoms. The Morgan fingerprint density at radius 1 is 0.556 bits per heavy atom. The summed E-state index contributed by atoms with van der Waals surface area (Å²) in [5, 5.41) is 0. The van der Waals surface area contributed by atoms with Crippen LogP contribution >= 0.6 is 0 Å². The van der Waals surface area contributed by atoms with Crippen molar-refractivity contribution in [1.29, 1.82) is 0 Å². The molecule has 0 amide bonds. The van der Waals surface area contributed by atoms with E-state index in [2.05, 4.69) is 151 Å². The minimum absolute atomic E-state index is 0.298. The van der Waals surface area contributed by atoms with Crippen molar-refractivity contribution >= 4 is 0 Å². The first-order valence-corrected chi connectivity index (χ1v) is 15.8. The fourth-order valence-electron chi connectivity index (χ4n) is 6.48. The summed E-state index contributed by atoms with van der Waals surface area (Å²) >= 11 is 0. The SMILES string of the molecule is C/C=C\C=C/CC1(c2ccncc2)c2ccccc2-c2cc(-c3cc(-c4ccccc4)nc(-c4ccccc4)c3)ccc21.CC. The van der Waals surface area contributed by atoms with Gasteiger partial charge in [0.05, 0.1) is 11.4 Å². The maximum Gasteiger partial charge on any atom is 0.0715 e. The lowest BCUT2D eigenvalue weighted by molar-refractivity contribution is 0.644. The number of fused-ring (bicyclic) bond motifs is 3. The number of aromatic nitrogens is 2. The molecule has 0 bridgehead atoms. The first-order chi connectivity index (χ1) is 22.3. The van der Waals surface area contributed by atoms with E-state index in [4.69, 9.17) is 4.98 Å². The van der Waals surface area contributed by atoms with E-state index < -0.39 is 0 Å². The van der Waals surface area contributed by atoms with Gasteiger partial charge in [-0.3, -0.25) is 4.98 Å². The smallest absolute Gasteiger partial charge is 0.0715 e. The molecule has 0 spiro atoms. The minimum atomic E-state index is -0.298. The lowest BCUT2D eigenvalue weighted by Gasteiger charge is -2.32. The van der Waals surface area contributed by atoms with Crippen LogP contribution in [0, 0.1) is 0 Å².